The molecule has 170 valence electrons. The second kappa shape index (κ2) is 9.95. The van der Waals surface area contributed by atoms with Crippen molar-refractivity contribution in [2.24, 2.45) is 0 Å². The van der Waals surface area contributed by atoms with Crippen molar-refractivity contribution in [3.8, 4) is 0 Å². The Hall–Kier alpha value is -3.20. The van der Waals surface area contributed by atoms with Crippen LogP contribution in [0.25, 0.3) is 0 Å². The topological polar surface area (TPSA) is 56.2 Å². The lowest BCUT2D eigenvalue weighted by atomic mass is 10.1. The summed E-state index contributed by atoms with van der Waals surface area (Å²) in [6, 6.07) is 15.9. The fourth-order valence-corrected chi connectivity index (χ4v) is 3.14. The van der Waals surface area contributed by atoms with E-state index in [4.69, 9.17) is 4.74 Å². The Morgan fingerprint density at radius 3 is 2.47 bits per heavy atom. The first kappa shape index (κ1) is 23.5. The minimum absolute atomic E-state index is 0.279. The summed E-state index contributed by atoms with van der Waals surface area (Å²) in [5.74, 6) is -4.63. The summed E-state index contributed by atoms with van der Waals surface area (Å²) in [5.41, 5.74) is 3.79. The molecular formula is C23H23F4N3O2. The Bertz CT molecular complexity index is 1070. The van der Waals surface area contributed by atoms with E-state index in [0.29, 0.717) is 23.5 Å². The molecule has 0 aliphatic heterocycles. The maximum Gasteiger partial charge on any atom is 0.330 e. The van der Waals surface area contributed by atoms with Crippen LogP contribution in [-0.2, 0) is 17.9 Å². The predicted molar refractivity (Wildman–Crippen MR) is 112 cm³/mol. The van der Waals surface area contributed by atoms with Gasteiger partial charge in [-0.15, -0.1) is 0 Å². The quantitative estimate of drug-likeness (QED) is 0.456. The molecule has 3 rings (SSSR count). The van der Waals surface area contributed by atoms with E-state index in [1.807, 2.05) is 37.3 Å². The number of hydrogen-bond acceptors (Lipinski definition) is 3. The number of rotatable bonds is 9. The molecule has 5 nitrogen and oxygen atoms in total. The Balaban J connectivity index is 1.67. The predicted octanol–water partition coefficient (Wildman–Crippen LogP) is 5.22. The summed E-state index contributed by atoms with van der Waals surface area (Å²) < 4.78 is 56.9. The van der Waals surface area contributed by atoms with Crippen LogP contribution in [0, 0.1) is 13.8 Å². The molecule has 2 aromatic carbocycles. The van der Waals surface area contributed by atoms with Crippen LogP contribution in [0.4, 0.5) is 23.2 Å². The van der Waals surface area contributed by atoms with Gasteiger partial charge in [0.05, 0.1) is 30.2 Å². The standard InChI is InChI=1S/C23H23F4N3O2/c1-15-20(16(2)30(29-15)12-17-7-4-3-5-8-17)28-21(31)19-10-6-9-18(11-19)13-32-14-23(26,27)22(24)25/h3-11,22H,12-14H2,1-2H3,(H,28,31). The van der Waals surface area contributed by atoms with Gasteiger partial charge in [0.2, 0.25) is 0 Å². The van der Waals surface area contributed by atoms with Crippen LogP contribution in [0.5, 0.6) is 0 Å². The van der Waals surface area contributed by atoms with Crippen molar-refractivity contribution < 1.29 is 27.1 Å². The first-order chi connectivity index (χ1) is 15.2. The molecule has 0 radical (unpaired) electrons. The number of aryl methyl sites for hydroxylation is 1. The van der Waals surface area contributed by atoms with E-state index < -0.39 is 24.9 Å². The van der Waals surface area contributed by atoms with Crippen LogP contribution in [0.1, 0.15) is 32.9 Å². The molecule has 0 saturated heterocycles. The van der Waals surface area contributed by atoms with Crippen molar-refractivity contribution in [1.29, 1.82) is 0 Å². The molecule has 0 atom stereocenters. The van der Waals surface area contributed by atoms with Crippen molar-refractivity contribution in [3.63, 3.8) is 0 Å². The Labute approximate surface area is 183 Å². The van der Waals surface area contributed by atoms with Crippen molar-refractivity contribution >= 4 is 11.6 Å². The molecule has 3 aromatic rings. The monoisotopic (exact) mass is 449 g/mol. The van der Waals surface area contributed by atoms with Crippen LogP contribution >= 0.6 is 0 Å². The number of halogens is 4. The number of nitrogens with one attached hydrogen (secondary N) is 1. The normalized spacial score (nSPS) is 11.7. The molecule has 1 N–H and O–H groups in total. The minimum atomic E-state index is -4.22. The van der Waals surface area contributed by atoms with Crippen LogP contribution in [0.15, 0.2) is 54.6 Å². The van der Waals surface area contributed by atoms with E-state index in [9.17, 15) is 22.4 Å². The van der Waals surface area contributed by atoms with Crippen LogP contribution in [0.3, 0.4) is 0 Å². The van der Waals surface area contributed by atoms with Crippen molar-refractivity contribution in [2.45, 2.75) is 39.3 Å². The van der Waals surface area contributed by atoms with Crippen molar-refractivity contribution in [3.05, 3.63) is 82.7 Å². The summed E-state index contributed by atoms with van der Waals surface area (Å²) in [7, 11) is 0. The molecule has 1 aromatic heterocycles. The number of carbonyl (C=O) groups excluding carboxylic acids is 1. The highest BCUT2D eigenvalue weighted by molar-refractivity contribution is 6.05. The first-order valence-electron chi connectivity index (χ1n) is 9.89. The zero-order valence-electron chi connectivity index (χ0n) is 17.6. The molecule has 32 heavy (non-hydrogen) atoms. The highest BCUT2D eigenvalue weighted by atomic mass is 19.3. The fourth-order valence-electron chi connectivity index (χ4n) is 3.14. The molecule has 1 heterocycles. The summed E-state index contributed by atoms with van der Waals surface area (Å²) in [4.78, 5) is 12.8. The second-order valence-electron chi connectivity index (χ2n) is 7.40. The van der Waals surface area contributed by atoms with Gasteiger partial charge in [-0.05, 0) is 37.1 Å². The van der Waals surface area contributed by atoms with E-state index in [0.717, 1.165) is 11.3 Å². The third-order valence-electron chi connectivity index (χ3n) is 4.87. The Morgan fingerprint density at radius 2 is 1.78 bits per heavy atom. The molecule has 0 saturated carbocycles. The molecule has 0 unspecified atom stereocenters. The average Bonchev–Trinajstić information content (AvgIpc) is 3.01. The Kier molecular flexibility index (Phi) is 7.29. The zero-order chi connectivity index (χ0) is 23.3. The number of anilines is 1. The van der Waals surface area contributed by atoms with Gasteiger partial charge in [0.25, 0.3) is 5.91 Å². The average molecular weight is 449 g/mol. The number of carbonyl (C=O) groups is 1. The van der Waals surface area contributed by atoms with Gasteiger partial charge in [-0.1, -0.05) is 42.5 Å². The number of hydrogen-bond donors (Lipinski definition) is 1. The smallest absolute Gasteiger partial charge is 0.330 e. The minimum Gasteiger partial charge on any atom is -0.370 e. The van der Waals surface area contributed by atoms with E-state index in [1.165, 1.54) is 6.07 Å². The van der Waals surface area contributed by atoms with E-state index >= 15 is 0 Å². The highest BCUT2D eigenvalue weighted by Gasteiger charge is 2.40. The molecule has 0 spiro atoms. The lowest BCUT2D eigenvalue weighted by Gasteiger charge is -2.15. The number of amides is 1. The lowest BCUT2D eigenvalue weighted by Crippen LogP contribution is -2.32. The van der Waals surface area contributed by atoms with Gasteiger partial charge in [-0.2, -0.15) is 13.9 Å². The Morgan fingerprint density at radius 1 is 1.09 bits per heavy atom. The summed E-state index contributed by atoms with van der Waals surface area (Å²) in [5, 5.41) is 7.34. The first-order valence-corrected chi connectivity index (χ1v) is 9.89. The molecule has 0 fully saturated rings. The van der Waals surface area contributed by atoms with Crippen molar-refractivity contribution in [2.75, 3.05) is 11.9 Å². The molecule has 0 bridgehead atoms. The van der Waals surface area contributed by atoms with E-state index in [2.05, 4.69) is 10.4 Å². The maximum absolute atomic E-state index is 13.0. The zero-order valence-corrected chi connectivity index (χ0v) is 17.6. The van der Waals surface area contributed by atoms with Gasteiger partial charge in [0, 0.05) is 5.56 Å². The highest BCUT2D eigenvalue weighted by Crippen LogP contribution is 2.24. The van der Waals surface area contributed by atoms with E-state index in [1.54, 1.807) is 29.8 Å². The SMILES string of the molecule is Cc1nn(Cc2ccccc2)c(C)c1NC(=O)c1cccc(COCC(F)(F)C(F)F)c1. The fraction of sp³-hybridized carbons (Fsp3) is 0.304. The van der Waals surface area contributed by atoms with Gasteiger partial charge in [0.15, 0.2) is 0 Å². The number of nitrogens with zero attached hydrogens (tertiary/aromatic N) is 2. The van der Waals surface area contributed by atoms with Gasteiger partial charge in [0.1, 0.15) is 6.61 Å². The van der Waals surface area contributed by atoms with Crippen LogP contribution in [0.2, 0.25) is 0 Å². The summed E-state index contributed by atoms with van der Waals surface area (Å²) in [6.07, 6.45) is -3.80. The van der Waals surface area contributed by atoms with Crippen LogP contribution in [-0.4, -0.2) is 34.6 Å². The third-order valence-corrected chi connectivity index (χ3v) is 4.87. The second-order valence-corrected chi connectivity index (χ2v) is 7.40. The van der Waals surface area contributed by atoms with Gasteiger partial charge >= 0.3 is 12.3 Å². The van der Waals surface area contributed by atoms with Crippen molar-refractivity contribution in [1.82, 2.24) is 9.78 Å². The van der Waals surface area contributed by atoms with Gasteiger partial charge in [-0.3, -0.25) is 9.48 Å². The van der Waals surface area contributed by atoms with Crippen LogP contribution < -0.4 is 5.32 Å². The van der Waals surface area contributed by atoms with E-state index in [-0.39, 0.29) is 12.2 Å². The lowest BCUT2D eigenvalue weighted by molar-refractivity contribution is -0.168. The number of alkyl halides is 4. The largest absolute Gasteiger partial charge is 0.370 e. The maximum atomic E-state index is 13.0. The summed E-state index contributed by atoms with van der Waals surface area (Å²) >= 11 is 0. The molecule has 9 heteroatoms. The number of benzene rings is 2. The van der Waals surface area contributed by atoms with Gasteiger partial charge < -0.3 is 10.1 Å². The molecule has 0 aliphatic rings. The summed E-state index contributed by atoms with van der Waals surface area (Å²) in [6.45, 7) is 2.47. The molecule has 1 amide bonds. The number of ether oxygens (including phenoxy) is 1. The van der Waals surface area contributed by atoms with Gasteiger partial charge in [-0.25, -0.2) is 8.78 Å². The number of aromatic nitrogens is 2. The molecular weight excluding hydrogens is 426 g/mol. The molecule has 0 aliphatic carbocycles. The third kappa shape index (κ3) is 5.73.